The first-order valence-corrected chi connectivity index (χ1v) is 33.6. The summed E-state index contributed by atoms with van der Waals surface area (Å²) in [7, 11) is 0. The Morgan fingerprint density at radius 2 is 0.805 bits per heavy atom. The summed E-state index contributed by atoms with van der Waals surface area (Å²) < 4.78 is 22.7. The highest BCUT2D eigenvalue weighted by Gasteiger charge is 2.51. The van der Waals surface area contributed by atoms with Crippen molar-refractivity contribution < 1.29 is 64.6 Å². The average molecular weight is 1220 g/mol. The van der Waals surface area contributed by atoms with E-state index in [-0.39, 0.29) is 18.9 Å². The van der Waals surface area contributed by atoms with Gasteiger partial charge in [-0.3, -0.25) is 4.79 Å². The fraction of sp³-hybridized carbons (Fsp3) is 0.658. The second kappa shape index (κ2) is 55.9. The highest BCUT2D eigenvalue weighted by Crippen LogP contribution is 2.30. The van der Waals surface area contributed by atoms with Gasteiger partial charge < -0.3 is 65.1 Å². The van der Waals surface area contributed by atoms with Crippen LogP contribution in [0.4, 0.5) is 0 Å². The monoisotopic (exact) mass is 1220 g/mol. The van der Waals surface area contributed by atoms with Gasteiger partial charge in [-0.2, -0.15) is 0 Å². The second-order valence-corrected chi connectivity index (χ2v) is 22.9. The second-order valence-electron chi connectivity index (χ2n) is 22.9. The predicted molar refractivity (Wildman–Crippen MR) is 354 cm³/mol. The van der Waals surface area contributed by atoms with Crippen molar-refractivity contribution in [2.75, 3.05) is 19.8 Å². The van der Waals surface area contributed by atoms with E-state index in [1.165, 1.54) is 77.0 Å². The van der Waals surface area contributed by atoms with Crippen LogP contribution in [0.1, 0.15) is 213 Å². The van der Waals surface area contributed by atoms with Gasteiger partial charge in [-0.1, -0.05) is 243 Å². The van der Waals surface area contributed by atoms with Crippen LogP contribution in [0.2, 0.25) is 0 Å². The summed E-state index contributed by atoms with van der Waals surface area (Å²) in [5.41, 5.74) is 0. The normalized spacial score (nSPS) is 24.3. The van der Waals surface area contributed by atoms with Crippen molar-refractivity contribution in [1.29, 1.82) is 0 Å². The molecule has 87 heavy (non-hydrogen) atoms. The maximum absolute atomic E-state index is 13.3. The van der Waals surface area contributed by atoms with Gasteiger partial charge in [0, 0.05) is 6.42 Å². The van der Waals surface area contributed by atoms with Crippen molar-refractivity contribution in [3.8, 4) is 0 Å². The third-order valence-electron chi connectivity index (χ3n) is 15.3. The lowest BCUT2D eigenvalue weighted by Gasteiger charge is -2.46. The number of rotatable bonds is 52. The summed E-state index contributed by atoms with van der Waals surface area (Å²) in [4.78, 5) is 13.3. The number of allylic oxidation sites excluding steroid dienone is 23. The first-order chi connectivity index (χ1) is 42.6. The molecule has 1 amide bonds. The van der Waals surface area contributed by atoms with Gasteiger partial charge in [0.25, 0.3) is 0 Å². The predicted octanol–water partition coefficient (Wildman–Crippen LogP) is 13.3. The summed E-state index contributed by atoms with van der Waals surface area (Å²) in [6, 6.07) is -0.942. The van der Waals surface area contributed by atoms with Gasteiger partial charge in [0.2, 0.25) is 5.91 Å². The Labute approximate surface area is 525 Å². The molecule has 12 unspecified atom stereocenters. The van der Waals surface area contributed by atoms with Gasteiger partial charge in [-0.15, -0.1) is 0 Å². The molecule has 2 heterocycles. The molecule has 9 N–H and O–H groups in total. The number of aliphatic hydroxyl groups is 8. The molecule has 2 aliphatic rings. The van der Waals surface area contributed by atoms with Crippen LogP contribution in [0, 0.1) is 0 Å². The van der Waals surface area contributed by atoms with Crippen LogP contribution >= 0.6 is 0 Å². The third-order valence-corrected chi connectivity index (χ3v) is 15.3. The molecular weight excluding hydrogens is 1100 g/mol. The number of hydrogen-bond donors (Lipinski definition) is 9. The van der Waals surface area contributed by atoms with Crippen LogP contribution in [-0.4, -0.2) is 140 Å². The minimum atomic E-state index is -1.80. The molecule has 0 bridgehead atoms. The van der Waals surface area contributed by atoms with Gasteiger partial charge in [0.05, 0.1) is 32.0 Å². The molecular formula is C73H119NO13. The van der Waals surface area contributed by atoms with Crippen LogP contribution in [0.3, 0.4) is 0 Å². The highest BCUT2D eigenvalue weighted by molar-refractivity contribution is 5.76. The Kier molecular flexibility index (Phi) is 50.7. The Morgan fingerprint density at radius 1 is 0.425 bits per heavy atom. The quantitative estimate of drug-likeness (QED) is 0.0204. The molecule has 2 aliphatic heterocycles. The maximum Gasteiger partial charge on any atom is 0.220 e. The molecule has 0 aromatic heterocycles. The number of unbranched alkanes of at least 4 members (excludes halogenated alkanes) is 17. The van der Waals surface area contributed by atoms with Gasteiger partial charge in [-0.05, 0) is 109 Å². The van der Waals surface area contributed by atoms with E-state index >= 15 is 0 Å². The van der Waals surface area contributed by atoms with E-state index in [1.807, 2.05) is 6.08 Å². The number of aliphatic hydroxyl groups excluding tert-OH is 8. The van der Waals surface area contributed by atoms with Crippen LogP contribution in [0.25, 0.3) is 0 Å². The molecule has 0 saturated carbocycles. The van der Waals surface area contributed by atoms with E-state index < -0.39 is 86.8 Å². The Hall–Kier alpha value is -4.13. The van der Waals surface area contributed by atoms with Gasteiger partial charge in [0.15, 0.2) is 12.6 Å². The minimum Gasteiger partial charge on any atom is -0.394 e. The van der Waals surface area contributed by atoms with Crippen LogP contribution in [-0.2, 0) is 23.7 Å². The molecule has 14 nitrogen and oxygen atoms in total. The number of ether oxygens (including phenoxy) is 4. The van der Waals surface area contributed by atoms with Gasteiger partial charge >= 0.3 is 0 Å². The number of amides is 1. The van der Waals surface area contributed by atoms with E-state index in [9.17, 15) is 45.6 Å². The van der Waals surface area contributed by atoms with Crippen LogP contribution in [0.5, 0.6) is 0 Å². The number of nitrogens with one attached hydrogen (secondary N) is 1. The lowest BCUT2D eigenvalue weighted by atomic mass is 9.97. The lowest BCUT2D eigenvalue weighted by Crippen LogP contribution is -2.65. The topological polar surface area (TPSA) is 228 Å². The van der Waals surface area contributed by atoms with Gasteiger partial charge in [-0.25, -0.2) is 0 Å². The summed E-state index contributed by atoms with van der Waals surface area (Å²) in [5, 5.41) is 87.0. The van der Waals surface area contributed by atoms with Crippen LogP contribution < -0.4 is 5.32 Å². The summed E-state index contributed by atoms with van der Waals surface area (Å²) in [6.07, 6.45) is 67.7. The van der Waals surface area contributed by atoms with E-state index in [2.05, 4.69) is 153 Å². The molecule has 14 heteroatoms. The number of hydrogen-bond acceptors (Lipinski definition) is 13. The van der Waals surface area contributed by atoms with Crippen molar-refractivity contribution in [3.05, 3.63) is 146 Å². The van der Waals surface area contributed by atoms with E-state index in [0.29, 0.717) is 12.8 Å². The van der Waals surface area contributed by atoms with Gasteiger partial charge in [0.1, 0.15) is 48.8 Å². The molecule has 0 spiro atoms. The zero-order valence-electron chi connectivity index (χ0n) is 53.4. The third kappa shape index (κ3) is 40.3. The zero-order chi connectivity index (χ0) is 63.1. The molecule has 2 rings (SSSR count). The van der Waals surface area contributed by atoms with E-state index in [1.54, 1.807) is 6.08 Å². The Balaban J connectivity index is 1.61. The first kappa shape index (κ1) is 79.0. The number of carbonyl (C=O) groups is 1. The van der Waals surface area contributed by atoms with Crippen molar-refractivity contribution in [3.63, 3.8) is 0 Å². The van der Waals surface area contributed by atoms with Crippen molar-refractivity contribution in [1.82, 2.24) is 5.32 Å². The maximum atomic E-state index is 13.3. The Morgan fingerprint density at radius 3 is 1.26 bits per heavy atom. The van der Waals surface area contributed by atoms with Crippen molar-refractivity contribution in [2.45, 2.75) is 286 Å². The lowest BCUT2D eigenvalue weighted by molar-refractivity contribution is -0.359. The van der Waals surface area contributed by atoms with Crippen molar-refractivity contribution >= 4 is 5.91 Å². The summed E-state index contributed by atoms with van der Waals surface area (Å²) in [6.45, 7) is 2.62. The smallest absolute Gasteiger partial charge is 0.220 e. The molecule has 2 saturated heterocycles. The first-order valence-electron chi connectivity index (χ1n) is 33.6. The van der Waals surface area contributed by atoms with Crippen LogP contribution in [0.15, 0.2) is 146 Å². The standard InChI is InChI=1S/C73H119NO13/c1-3-5-7-9-11-13-15-17-18-19-20-21-22-23-24-25-26-27-28-29-30-31-32-33-34-35-36-37-38-39-40-41-42-43-44-45-47-49-51-53-55-57-65(78)74-61(62(77)56-54-52-50-48-46-16-14-12-10-8-6-4-2)60-84-72-70(83)68(81)71(64(59-76)86-72)87-73-69(82)67(80)66(79)63(58-75)85-73/h5,7,11,13,17-18,20-21,23-24,26-27,29-30,32-33,35-36,38-39,46,48,54,56,61-64,66-73,75-77,79-83H,3-4,6,8-10,12,14-16,19,22,25,28,31,34,37,40-45,47,49-53,55,57-60H2,1-2H3,(H,74,78)/b7-5-,13-11-,18-17-,21-20-,24-23-,27-26-,30-29-,33-32-,36-35-,39-38-,48-46+,56-54+. The molecule has 0 aromatic rings. The van der Waals surface area contributed by atoms with E-state index in [0.717, 1.165) is 103 Å². The van der Waals surface area contributed by atoms with E-state index in [4.69, 9.17) is 18.9 Å². The Bertz CT molecular complexity index is 2020. The molecule has 0 aromatic carbocycles. The molecule has 2 fully saturated rings. The minimum absolute atomic E-state index is 0.259. The fourth-order valence-corrected chi connectivity index (χ4v) is 9.92. The molecule has 0 aliphatic carbocycles. The number of carbonyl (C=O) groups excluding carboxylic acids is 1. The summed E-state index contributed by atoms with van der Waals surface area (Å²) >= 11 is 0. The van der Waals surface area contributed by atoms with Crippen molar-refractivity contribution in [2.24, 2.45) is 0 Å². The highest BCUT2D eigenvalue weighted by atomic mass is 16.7. The largest absolute Gasteiger partial charge is 0.394 e. The molecule has 494 valence electrons. The summed E-state index contributed by atoms with van der Waals surface area (Å²) in [5.74, 6) is -0.262. The average Bonchev–Trinajstić information content (AvgIpc) is 2.31. The zero-order valence-corrected chi connectivity index (χ0v) is 53.4. The SMILES string of the molecule is CC/C=C\C/C=C\C/C=C\C/C=C\C/C=C\C/C=C\C/C=C\C/C=C\C/C=C\C/C=C\CCCCCCCCCCCCC(=O)NC(COC1OC(CO)C(OC2OC(CO)C(O)C(O)C2O)C(O)C1O)C(O)/C=C/CC/C=C/CCCCCCCC. The molecule has 12 atom stereocenters. The fourth-order valence-electron chi connectivity index (χ4n) is 9.92. The molecule has 0 radical (unpaired) electrons.